The molecule has 0 saturated carbocycles. The Kier molecular flexibility index (Phi) is 3.78. The fourth-order valence-corrected chi connectivity index (χ4v) is 2.04. The molecule has 2 N–H and O–H groups in total. The minimum atomic E-state index is -0.944. The van der Waals surface area contributed by atoms with Gasteiger partial charge in [-0.1, -0.05) is 30.3 Å². The number of benzene rings is 2. The summed E-state index contributed by atoms with van der Waals surface area (Å²) >= 11 is 0. The summed E-state index contributed by atoms with van der Waals surface area (Å²) in [4.78, 5) is 19.3. The summed E-state index contributed by atoms with van der Waals surface area (Å²) < 4.78 is 0. The SMILES string of the molecule is O=C(O)c1ccc(Nc2cc(-c3ccccc3)ncn2)cc1. The number of carbonyl (C=O) groups is 1. The van der Waals surface area contributed by atoms with Gasteiger partial charge >= 0.3 is 5.97 Å². The van der Waals surface area contributed by atoms with Crippen LogP contribution in [0.25, 0.3) is 11.3 Å². The quantitative estimate of drug-likeness (QED) is 0.768. The fourth-order valence-electron chi connectivity index (χ4n) is 2.04. The molecule has 0 amide bonds. The van der Waals surface area contributed by atoms with Crippen molar-refractivity contribution in [2.45, 2.75) is 0 Å². The Balaban J connectivity index is 1.82. The molecule has 3 aromatic rings. The third-order valence-corrected chi connectivity index (χ3v) is 3.14. The van der Waals surface area contributed by atoms with Crippen molar-refractivity contribution < 1.29 is 9.90 Å². The number of aromatic carboxylic acids is 1. The van der Waals surface area contributed by atoms with Crippen molar-refractivity contribution in [3.63, 3.8) is 0 Å². The molecular formula is C17H13N3O2. The number of aromatic nitrogens is 2. The molecule has 0 unspecified atom stereocenters. The van der Waals surface area contributed by atoms with Crippen molar-refractivity contribution in [2.75, 3.05) is 5.32 Å². The second-order valence-electron chi connectivity index (χ2n) is 4.66. The van der Waals surface area contributed by atoms with Crippen molar-refractivity contribution in [1.29, 1.82) is 0 Å². The monoisotopic (exact) mass is 291 g/mol. The van der Waals surface area contributed by atoms with Gasteiger partial charge in [-0.25, -0.2) is 14.8 Å². The summed E-state index contributed by atoms with van der Waals surface area (Å²) in [6.45, 7) is 0. The first-order valence-electron chi connectivity index (χ1n) is 6.70. The van der Waals surface area contributed by atoms with Crippen LogP contribution < -0.4 is 5.32 Å². The highest BCUT2D eigenvalue weighted by molar-refractivity contribution is 5.88. The molecule has 0 radical (unpaired) electrons. The molecule has 0 spiro atoms. The van der Waals surface area contributed by atoms with Gasteiger partial charge in [-0.2, -0.15) is 0 Å². The van der Waals surface area contributed by atoms with E-state index in [0.717, 1.165) is 16.9 Å². The Morgan fingerprint density at radius 1 is 0.955 bits per heavy atom. The summed E-state index contributed by atoms with van der Waals surface area (Å²) in [5.41, 5.74) is 2.84. The van der Waals surface area contributed by atoms with E-state index in [1.807, 2.05) is 36.4 Å². The fraction of sp³-hybridized carbons (Fsp3) is 0. The third kappa shape index (κ3) is 3.09. The van der Waals surface area contributed by atoms with Crippen LogP contribution in [0.3, 0.4) is 0 Å². The smallest absolute Gasteiger partial charge is 0.335 e. The Bertz CT molecular complexity index is 787. The Hall–Kier alpha value is -3.21. The average Bonchev–Trinajstić information content (AvgIpc) is 2.56. The largest absolute Gasteiger partial charge is 0.478 e. The number of carboxylic acids is 1. The van der Waals surface area contributed by atoms with Gasteiger partial charge in [-0.15, -0.1) is 0 Å². The van der Waals surface area contributed by atoms with E-state index in [-0.39, 0.29) is 5.56 Å². The number of anilines is 2. The van der Waals surface area contributed by atoms with E-state index in [4.69, 9.17) is 5.11 Å². The average molecular weight is 291 g/mol. The number of hydrogen-bond donors (Lipinski definition) is 2. The van der Waals surface area contributed by atoms with E-state index >= 15 is 0 Å². The molecule has 3 rings (SSSR count). The van der Waals surface area contributed by atoms with Crippen molar-refractivity contribution in [2.24, 2.45) is 0 Å². The van der Waals surface area contributed by atoms with E-state index in [2.05, 4.69) is 15.3 Å². The molecule has 5 nitrogen and oxygen atoms in total. The lowest BCUT2D eigenvalue weighted by Gasteiger charge is -2.07. The maximum Gasteiger partial charge on any atom is 0.335 e. The first kappa shape index (κ1) is 13.8. The topological polar surface area (TPSA) is 75.1 Å². The van der Waals surface area contributed by atoms with Crippen LogP contribution in [0.4, 0.5) is 11.5 Å². The van der Waals surface area contributed by atoms with Gasteiger partial charge in [-0.05, 0) is 24.3 Å². The van der Waals surface area contributed by atoms with Gasteiger partial charge in [0.2, 0.25) is 0 Å². The maximum absolute atomic E-state index is 10.8. The molecule has 0 bridgehead atoms. The lowest BCUT2D eigenvalue weighted by Crippen LogP contribution is -1.98. The maximum atomic E-state index is 10.8. The molecule has 1 heterocycles. The normalized spacial score (nSPS) is 10.2. The van der Waals surface area contributed by atoms with Gasteiger partial charge in [0.15, 0.2) is 0 Å². The van der Waals surface area contributed by atoms with Gasteiger partial charge < -0.3 is 10.4 Å². The van der Waals surface area contributed by atoms with Crippen molar-refractivity contribution >= 4 is 17.5 Å². The zero-order chi connectivity index (χ0) is 15.4. The van der Waals surface area contributed by atoms with Crippen LogP contribution in [-0.4, -0.2) is 21.0 Å². The van der Waals surface area contributed by atoms with Crippen molar-refractivity contribution in [3.05, 3.63) is 72.6 Å². The van der Waals surface area contributed by atoms with Crippen molar-refractivity contribution in [3.8, 4) is 11.3 Å². The van der Waals surface area contributed by atoms with E-state index in [0.29, 0.717) is 5.82 Å². The molecule has 2 aromatic carbocycles. The van der Waals surface area contributed by atoms with Crippen LogP contribution >= 0.6 is 0 Å². The summed E-state index contributed by atoms with van der Waals surface area (Å²) in [5.74, 6) is -0.295. The lowest BCUT2D eigenvalue weighted by atomic mass is 10.1. The van der Waals surface area contributed by atoms with Gasteiger partial charge in [0.05, 0.1) is 11.3 Å². The molecule has 0 aliphatic carbocycles. The van der Waals surface area contributed by atoms with Gasteiger partial charge in [0.1, 0.15) is 12.1 Å². The molecule has 5 heteroatoms. The molecule has 22 heavy (non-hydrogen) atoms. The van der Waals surface area contributed by atoms with E-state index in [9.17, 15) is 4.79 Å². The van der Waals surface area contributed by atoms with E-state index in [1.165, 1.54) is 6.33 Å². The number of carboxylic acid groups (broad SMARTS) is 1. The summed E-state index contributed by atoms with van der Waals surface area (Å²) in [6.07, 6.45) is 1.50. The minimum Gasteiger partial charge on any atom is -0.478 e. The van der Waals surface area contributed by atoms with E-state index < -0.39 is 5.97 Å². The zero-order valence-corrected chi connectivity index (χ0v) is 11.6. The first-order chi connectivity index (χ1) is 10.7. The number of nitrogens with zero attached hydrogens (tertiary/aromatic N) is 2. The Morgan fingerprint density at radius 3 is 2.36 bits per heavy atom. The van der Waals surface area contributed by atoms with Crippen LogP contribution in [0.1, 0.15) is 10.4 Å². The van der Waals surface area contributed by atoms with Crippen LogP contribution in [0.2, 0.25) is 0 Å². The number of rotatable bonds is 4. The highest BCUT2D eigenvalue weighted by atomic mass is 16.4. The van der Waals surface area contributed by atoms with Crippen LogP contribution in [0.5, 0.6) is 0 Å². The highest BCUT2D eigenvalue weighted by Gasteiger charge is 2.04. The third-order valence-electron chi connectivity index (χ3n) is 3.14. The molecule has 1 aromatic heterocycles. The minimum absolute atomic E-state index is 0.248. The molecule has 0 aliphatic rings. The molecule has 0 atom stereocenters. The van der Waals surface area contributed by atoms with Crippen LogP contribution in [0.15, 0.2) is 67.0 Å². The van der Waals surface area contributed by atoms with E-state index in [1.54, 1.807) is 24.3 Å². The molecule has 0 saturated heterocycles. The zero-order valence-electron chi connectivity index (χ0n) is 11.6. The number of nitrogens with one attached hydrogen (secondary N) is 1. The van der Waals surface area contributed by atoms with Gasteiger partial charge in [0, 0.05) is 17.3 Å². The number of hydrogen-bond acceptors (Lipinski definition) is 4. The first-order valence-corrected chi connectivity index (χ1v) is 6.70. The van der Waals surface area contributed by atoms with Gasteiger partial charge in [-0.3, -0.25) is 0 Å². The highest BCUT2D eigenvalue weighted by Crippen LogP contribution is 2.21. The molecule has 0 aliphatic heterocycles. The standard InChI is InChI=1S/C17H13N3O2/c21-17(22)13-6-8-14(9-7-13)20-16-10-15(18-11-19-16)12-4-2-1-3-5-12/h1-11H,(H,21,22)(H,18,19,20). The molecule has 108 valence electrons. The predicted molar refractivity (Wildman–Crippen MR) is 84.2 cm³/mol. The summed E-state index contributed by atoms with van der Waals surface area (Å²) in [7, 11) is 0. The molecule has 0 fully saturated rings. The second-order valence-corrected chi connectivity index (χ2v) is 4.66. The van der Waals surface area contributed by atoms with Crippen molar-refractivity contribution in [1.82, 2.24) is 9.97 Å². The van der Waals surface area contributed by atoms with Crippen LogP contribution in [0, 0.1) is 0 Å². The van der Waals surface area contributed by atoms with Gasteiger partial charge in [0.25, 0.3) is 0 Å². The lowest BCUT2D eigenvalue weighted by molar-refractivity contribution is 0.0697. The Morgan fingerprint density at radius 2 is 1.68 bits per heavy atom. The Labute approximate surface area is 127 Å². The summed E-state index contributed by atoms with van der Waals surface area (Å²) in [6, 6.07) is 18.2. The molecular weight excluding hydrogens is 278 g/mol. The second kappa shape index (κ2) is 6.05. The van der Waals surface area contributed by atoms with Crippen LogP contribution in [-0.2, 0) is 0 Å². The summed E-state index contributed by atoms with van der Waals surface area (Å²) in [5, 5.41) is 12.0. The predicted octanol–water partition coefficient (Wildman–Crippen LogP) is 3.59.